The van der Waals surface area contributed by atoms with Gasteiger partial charge >= 0.3 is 0 Å². The van der Waals surface area contributed by atoms with Gasteiger partial charge in [-0.05, 0) is 48.8 Å². The molecule has 0 atom stereocenters. The maximum absolute atomic E-state index is 5.96. The van der Waals surface area contributed by atoms with Crippen molar-refractivity contribution in [3.05, 3.63) is 40.0 Å². The van der Waals surface area contributed by atoms with Gasteiger partial charge in [0, 0.05) is 17.0 Å². The average Bonchev–Trinajstić information content (AvgIpc) is 2.85. The van der Waals surface area contributed by atoms with Crippen molar-refractivity contribution < 1.29 is 4.74 Å². The minimum atomic E-state index is 0.513. The lowest BCUT2D eigenvalue weighted by atomic mass is 10.2. The summed E-state index contributed by atoms with van der Waals surface area (Å²) >= 11 is 3.41. The van der Waals surface area contributed by atoms with Crippen LogP contribution in [0.15, 0.2) is 23.1 Å². The molecule has 102 valence electrons. The van der Waals surface area contributed by atoms with Gasteiger partial charge in [0.05, 0.1) is 0 Å². The van der Waals surface area contributed by atoms with Crippen molar-refractivity contribution in [2.45, 2.75) is 20.8 Å². The van der Waals surface area contributed by atoms with E-state index >= 15 is 0 Å². The molecular formula is C13H12BrN5O. The smallest absolute Gasteiger partial charge is 0.255 e. The minimum absolute atomic E-state index is 0.513. The Morgan fingerprint density at radius 2 is 1.95 bits per heavy atom. The van der Waals surface area contributed by atoms with E-state index in [1.54, 1.807) is 4.52 Å². The molecule has 0 aliphatic carbocycles. The summed E-state index contributed by atoms with van der Waals surface area (Å²) in [5.74, 6) is 1.73. The zero-order chi connectivity index (χ0) is 14.3. The molecule has 7 heteroatoms. The van der Waals surface area contributed by atoms with Crippen LogP contribution in [0.4, 0.5) is 0 Å². The van der Waals surface area contributed by atoms with E-state index in [1.807, 2.05) is 32.9 Å². The van der Waals surface area contributed by atoms with Crippen LogP contribution in [0.2, 0.25) is 0 Å². The van der Waals surface area contributed by atoms with Crippen LogP contribution in [0.1, 0.15) is 17.0 Å². The normalized spacial score (nSPS) is 11.0. The van der Waals surface area contributed by atoms with Gasteiger partial charge in [-0.1, -0.05) is 0 Å². The zero-order valence-electron chi connectivity index (χ0n) is 11.3. The second-order valence-corrected chi connectivity index (χ2v) is 5.19. The van der Waals surface area contributed by atoms with Gasteiger partial charge in [0.25, 0.3) is 5.78 Å². The Balaban J connectivity index is 2.14. The Morgan fingerprint density at radius 3 is 2.70 bits per heavy atom. The molecule has 0 amide bonds. The van der Waals surface area contributed by atoms with Gasteiger partial charge in [-0.3, -0.25) is 0 Å². The third-order valence-electron chi connectivity index (χ3n) is 3.01. The summed E-state index contributed by atoms with van der Waals surface area (Å²) in [4.78, 5) is 12.8. The molecule has 0 spiro atoms. The molecule has 6 nitrogen and oxygen atoms in total. The number of nitrogens with zero attached hydrogens (tertiary/aromatic N) is 5. The lowest BCUT2D eigenvalue weighted by Crippen LogP contribution is -2.03. The molecule has 0 radical (unpaired) electrons. The topological polar surface area (TPSA) is 65.2 Å². The molecule has 0 unspecified atom stereocenters. The monoisotopic (exact) mass is 333 g/mol. The predicted octanol–water partition coefficient (Wildman–Crippen LogP) is 3.00. The van der Waals surface area contributed by atoms with Gasteiger partial charge in [0.15, 0.2) is 5.75 Å². The lowest BCUT2D eigenvalue weighted by Gasteiger charge is -2.12. The molecule has 0 N–H and O–H groups in total. The highest BCUT2D eigenvalue weighted by atomic mass is 79.9. The van der Waals surface area contributed by atoms with E-state index in [2.05, 4.69) is 36.0 Å². The molecule has 3 rings (SSSR count). The zero-order valence-corrected chi connectivity index (χ0v) is 12.8. The van der Waals surface area contributed by atoms with Crippen molar-refractivity contribution in [1.29, 1.82) is 0 Å². The van der Waals surface area contributed by atoms with Crippen LogP contribution in [-0.4, -0.2) is 24.6 Å². The molecule has 0 aliphatic rings. The molecule has 0 fully saturated rings. The van der Waals surface area contributed by atoms with Crippen molar-refractivity contribution in [2.75, 3.05) is 0 Å². The maximum atomic E-state index is 5.96. The van der Waals surface area contributed by atoms with E-state index in [9.17, 15) is 0 Å². The summed E-state index contributed by atoms with van der Waals surface area (Å²) in [6, 6.07) is 3.76. The molecule has 0 saturated heterocycles. The Hall–Kier alpha value is -2.02. The van der Waals surface area contributed by atoms with E-state index in [4.69, 9.17) is 4.74 Å². The summed E-state index contributed by atoms with van der Waals surface area (Å²) < 4.78 is 8.19. The first-order chi connectivity index (χ1) is 9.56. The molecule has 0 bridgehead atoms. The third-order valence-corrected chi connectivity index (χ3v) is 3.58. The second-order valence-electron chi connectivity index (χ2n) is 4.44. The van der Waals surface area contributed by atoms with Crippen molar-refractivity contribution in [3.8, 4) is 11.6 Å². The number of pyridine rings is 1. The highest BCUT2D eigenvalue weighted by molar-refractivity contribution is 9.10. The van der Waals surface area contributed by atoms with Crippen LogP contribution in [0.25, 0.3) is 5.78 Å². The molecule has 0 aliphatic heterocycles. The van der Waals surface area contributed by atoms with E-state index in [1.165, 1.54) is 6.33 Å². The first-order valence-corrected chi connectivity index (χ1v) is 6.83. The molecule has 3 heterocycles. The van der Waals surface area contributed by atoms with Crippen LogP contribution >= 0.6 is 15.9 Å². The van der Waals surface area contributed by atoms with Crippen LogP contribution < -0.4 is 4.74 Å². The maximum Gasteiger partial charge on any atom is 0.255 e. The molecule has 3 aromatic heterocycles. The summed E-state index contributed by atoms with van der Waals surface area (Å²) in [7, 11) is 0. The second kappa shape index (κ2) is 4.82. The highest BCUT2D eigenvalue weighted by Gasteiger charge is 2.14. The quantitative estimate of drug-likeness (QED) is 0.674. The van der Waals surface area contributed by atoms with Crippen molar-refractivity contribution in [2.24, 2.45) is 0 Å². The number of hydrogen-bond donors (Lipinski definition) is 0. The molecule has 0 saturated carbocycles. The van der Waals surface area contributed by atoms with Crippen LogP contribution in [0, 0.1) is 20.8 Å². The van der Waals surface area contributed by atoms with Crippen molar-refractivity contribution in [3.63, 3.8) is 0 Å². The average molecular weight is 334 g/mol. The molecule has 3 aromatic rings. The first kappa shape index (κ1) is 13.0. The number of hydrogen-bond acceptors (Lipinski definition) is 5. The Morgan fingerprint density at radius 1 is 1.15 bits per heavy atom. The molecule has 0 aromatic carbocycles. The number of aromatic nitrogens is 5. The highest BCUT2D eigenvalue weighted by Crippen LogP contribution is 2.30. The number of fused-ring (bicyclic) bond motifs is 1. The molecule has 20 heavy (non-hydrogen) atoms. The number of ether oxygens (including phenoxy) is 1. The number of aryl methyl sites for hydroxylation is 2. The van der Waals surface area contributed by atoms with Gasteiger partial charge < -0.3 is 4.74 Å². The van der Waals surface area contributed by atoms with Gasteiger partial charge in [-0.15, -0.1) is 0 Å². The number of rotatable bonds is 2. The van der Waals surface area contributed by atoms with E-state index in [-0.39, 0.29) is 0 Å². The van der Waals surface area contributed by atoms with Gasteiger partial charge in [0.2, 0.25) is 5.88 Å². The summed E-state index contributed by atoms with van der Waals surface area (Å²) in [6.45, 7) is 5.78. The molecular weight excluding hydrogens is 322 g/mol. The summed E-state index contributed by atoms with van der Waals surface area (Å²) in [5, 5.41) is 4.15. The van der Waals surface area contributed by atoms with Crippen LogP contribution in [0.3, 0.4) is 0 Å². The predicted molar refractivity (Wildman–Crippen MR) is 77.0 cm³/mol. The van der Waals surface area contributed by atoms with Crippen LogP contribution in [-0.2, 0) is 0 Å². The summed E-state index contributed by atoms with van der Waals surface area (Å²) in [5.41, 5.74) is 2.69. The van der Waals surface area contributed by atoms with Crippen molar-refractivity contribution >= 4 is 21.7 Å². The standard InChI is InChI=1S/C13H12BrN5O/c1-7-4-5-10(11(14)17-7)20-12-8(2)9(3)18-13-15-6-16-19(12)13/h4-6H,1-3H3. The van der Waals surface area contributed by atoms with E-state index < -0.39 is 0 Å². The Kier molecular flexibility index (Phi) is 3.13. The van der Waals surface area contributed by atoms with Crippen molar-refractivity contribution in [1.82, 2.24) is 24.6 Å². The van der Waals surface area contributed by atoms with Gasteiger partial charge in [0.1, 0.15) is 10.9 Å². The van der Waals surface area contributed by atoms with Gasteiger partial charge in [-0.25, -0.2) is 9.97 Å². The third kappa shape index (κ3) is 2.14. The Labute approximate surface area is 124 Å². The van der Waals surface area contributed by atoms with E-state index in [0.29, 0.717) is 22.0 Å². The largest absolute Gasteiger partial charge is 0.436 e. The fraction of sp³-hybridized carbons (Fsp3) is 0.231. The van der Waals surface area contributed by atoms with E-state index in [0.717, 1.165) is 17.0 Å². The van der Waals surface area contributed by atoms with Crippen LogP contribution in [0.5, 0.6) is 11.6 Å². The fourth-order valence-corrected chi connectivity index (χ4v) is 2.31. The van der Waals surface area contributed by atoms with Gasteiger partial charge in [-0.2, -0.15) is 14.6 Å². The number of halogens is 1. The SMILES string of the molecule is Cc1ccc(Oc2c(C)c(C)nc3ncnn23)c(Br)n1. The summed E-state index contributed by atoms with van der Waals surface area (Å²) in [6.07, 6.45) is 1.45. The Bertz CT molecular complexity index is 799. The fourth-order valence-electron chi connectivity index (χ4n) is 1.81. The lowest BCUT2D eigenvalue weighted by molar-refractivity contribution is 0.435. The minimum Gasteiger partial charge on any atom is -0.436 e. The first-order valence-electron chi connectivity index (χ1n) is 6.04.